The Hall–Kier alpha value is -3.14. The summed E-state index contributed by atoms with van der Waals surface area (Å²) in [6, 6.07) is 4.68. The van der Waals surface area contributed by atoms with Crippen LogP contribution in [0.3, 0.4) is 0 Å². The maximum absolute atomic E-state index is 12.8. The molecule has 32 heavy (non-hydrogen) atoms. The van der Waals surface area contributed by atoms with Crippen molar-refractivity contribution < 1.29 is 38.9 Å². The average Bonchev–Trinajstić information content (AvgIpc) is 2.62. The second kappa shape index (κ2) is 10.9. The third-order valence-electron chi connectivity index (χ3n) is 3.82. The van der Waals surface area contributed by atoms with Crippen molar-refractivity contribution in [1.29, 1.82) is 0 Å². The summed E-state index contributed by atoms with van der Waals surface area (Å²) in [4.78, 5) is 49.0. The van der Waals surface area contributed by atoms with Gasteiger partial charge >= 0.3 is 18.0 Å². The molecule has 3 atom stereocenters. The molecule has 0 unspecified atom stereocenters. The highest BCUT2D eigenvalue weighted by Crippen LogP contribution is 2.17. The van der Waals surface area contributed by atoms with Gasteiger partial charge in [0.25, 0.3) is 0 Å². The second-order valence-corrected chi connectivity index (χ2v) is 9.17. The molecular formula is C22H32N2O8. The molecule has 0 spiro atoms. The van der Waals surface area contributed by atoms with Crippen LogP contribution < -0.4 is 10.6 Å². The van der Waals surface area contributed by atoms with Gasteiger partial charge in [-0.25, -0.2) is 9.59 Å². The number of nitrogens with one attached hydrogen (secondary N) is 2. The molecule has 0 aliphatic heterocycles. The Bertz CT molecular complexity index is 781. The van der Waals surface area contributed by atoms with E-state index in [1.54, 1.807) is 59.7 Å². The maximum atomic E-state index is 12.8. The summed E-state index contributed by atoms with van der Waals surface area (Å²) in [5.41, 5.74) is -1.44. The van der Waals surface area contributed by atoms with Crippen LogP contribution in [-0.2, 0) is 23.9 Å². The average molecular weight is 453 g/mol. The molecule has 0 bridgehead atoms. The van der Waals surface area contributed by atoms with Gasteiger partial charge < -0.3 is 30.3 Å². The number of carbonyl (C=O) groups is 4. The number of aliphatic hydroxyl groups is 1. The molecule has 1 rings (SSSR count). The van der Waals surface area contributed by atoms with Crippen molar-refractivity contribution in [2.75, 3.05) is 0 Å². The SMILES string of the molecule is CC(C)(C)OC(=O)C[C@@H](NC(=O)OC(C)(C)C)C(=O)N[C@@H](C(=O)O)[C@H](O)c1ccccc1. The lowest BCUT2D eigenvalue weighted by molar-refractivity contribution is -0.156. The van der Waals surface area contributed by atoms with Crippen molar-refractivity contribution in [3.63, 3.8) is 0 Å². The van der Waals surface area contributed by atoms with Crippen LogP contribution in [0.25, 0.3) is 0 Å². The largest absolute Gasteiger partial charge is 0.480 e. The van der Waals surface area contributed by atoms with Crippen molar-refractivity contribution >= 4 is 23.9 Å². The highest BCUT2D eigenvalue weighted by Gasteiger charge is 2.34. The molecule has 0 aromatic heterocycles. The molecule has 0 fully saturated rings. The highest BCUT2D eigenvalue weighted by molar-refractivity contribution is 5.92. The minimum Gasteiger partial charge on any atom is -0.480 e. The number of ether oxygens (including phenoxy) is 2. The predicted molar refractivity (Wildman–Crippen MR) is 115 cm³/mol. The number of aliphatic hydroxyl groups excluding tert-OH is 1. The Morgan fingerprint density at radius 1 is 0.906 bits per heavy atom. The van der Waals surface area contributed by atoms with Crippen molar-refractivity contribution in [2.45, 2.75) is 77.4 Å². The van der Waals surface area contributed by atoms with Crippen molar-refractivity contribution in [3.05, 3.63) is 35.9 Å². The number of carboxylic acid groups (broad SMARTS) is 1. The number of carbonyl (C=O) groups excluding carboxylic acids is 3. The molecule has 0 aliphatic carbocycles. The Kier molecular flexibility index (Phi) is 9.20. The molecule has 0 radical (unpaired) electrons. The fourth-order valence-corrected chi connectivity index (χ4v) is 2.58. The highest BCUT2D eigenvalue weighted by atomic mass is 16.6. The molecule has 0 saturated carbocycles. The van der Waals surface area contributed by atoms with Gasteiger partial charge in [0, 0.05) is 0 Å². The summed E-state index contributed by atoms with van der Waals surface area (Å²) in [5, 5.41) is 24.4. The standard InChI is InChI=1S/C22H32N2O8/c1-21(2,3)31-15(25)12-14(23-20(30)32-22(4,5)6)18(27)24-16(19(28)29)17(26)13-10-8-7-9-11-13/h7-11,14,16-17,26H,12H2,1-6H3,(H,23,30)(H,24,27)(H,28,29)/t14-,16-,17-/m1/s1. The summed E-state index contributed by atoms with van der Waals surface area (Å²) in [6.45, 7) is 9.76. The third kappa shape index (κ3) is 9.78. The molecule has 1 aromatic rings. The van der Waals surface area contributed by atoms with Crippen molar-refractivity contribution in [2.24, 2.45) is 0 Å². The minimum atomic E-state index is -1.73. The number of hydrogen-bond donors (Lipinski definition) is 4. The van der Waals surface area contributed by atoms with E-state index < -0.39 is 59.7 Å². The third-order valence-corrected chi connectivity index (χ3v) is 3.82. The molecule has 2 amide bonds. The molecule has 0 heterocycles. The fourth-order valence-electron chi connectivity index (χ4n) is 2.58. The van der Waals surface area contributed by atoms with E-state index in [4.69, 9.17) is 9.47 Å². The quantitative estimate of drug-likeness (QED) is 0.437. The van der Waals surface area contributed by atoms with E-state index in [0.717, 1.165) is 0 Å². The number of esters is 1. The lowest BCUT2D eigenvalue weighted by atomic mass is 10.0. The number of alkyl carbamates (subject to hydrolysis) is 1. The van der Waals surface area contributed by atoms with Gasteiger partial charge in [-0.1, -0.05) is 30.3 Å². The number of amides is 2. The van der Waals surface area contributed by atoms with Crippen molar-refractivity contribution in [3.8, 4) is 0 Å². The zero-order valence-corrected chi connectivity index (χ0v) is 19.2. The van der Waals surface area contributed by atoms with Gasteiger partial charge in [-0.15, -0.1) is 0 Å². The Labute approximate surface area is 187 Å². The van der Waals surface area contributed by atoms with Gasteiger partial charge in [0.05, 0.1) is 6.42 Å². The van der Waals surface area contributed by atoms with E-state index in [1.807, 2.05) is 0 Å². The summed E-state index contributed by atoms with van der Waals surface area (Å²) in [7, 11) is 0. The molecule has 4 N–H and O–H groups in total. The van der Waals surface area contributed by atoms with Crippen LogP contribution in [0.4, 0.5) is 4.79 Å². The van der Waals surface area contributed by atoms with Gasteiger partial charge in [0.1, 0.15) is 23.3 Å². The van der Waals surface area contributed by atoms with E-state index in [0.29, 0.717) is 0 Å². The first-order valence-corrected chi connectivity index (χ1v) is 10.1. The van der Waals surface area contributed by atoms with E-state index in [9.17, 15) is 29.4 Å². The molecule has 10 heteroatoms. The first-order chi connectivity index (χ1) is 14.6. The monoisotopic (exact) mass is 452 g/mol. The van der Waals surface area contributed by atoms with Gasteiger partial charge in [-0.3, -0.25) is 9.59 Å². The van der Waals surface area contributed by atoms with Gasteiger partial charge in [-0.05, 0) is 47.1 Å². The Balaban J connectivity index is 3.06. The first kappa shape index (κ1) is 26.9. The normalized spacial score (nSPS) is 14.5. The van der Waals surface area contributed by atoms with E-state index in [-0.39, 0.29) is 5.56 Å². The fraction of sp³-hybridized carbons (Fsp3) is 0.545. The molecule has 1 aromatic carbocycles. The van der Waals surface area contributed by atoms with E-state index in [2.05, 4.69) is 10.6 Å². The van der Waals surface area contributed by atoms with Crippen molar-refractivity contribution in [1.82, 2.24) is 10.6 Å². The number of carboxylic acids is 1. The van der Waals surface area contributed by atoms with Crippen LogP contribution in [0.15, 0.2) is 30.3 Å². The van der Waals surface area contributed by atoms with Crippen LogP contribution in [0.2, 0.25) is 0 Å². The van der Waals surface area contributed by atoms with Crippen LogP contribution in [0.1, 0.15) is 59.6 Å². The summed E-state index contributed by atoms with van der Waals surface area (Å²) in [6.07, 6.45) is -3.12. The summed E-state index contributed by atoms with van der Waals surface area (Å²) in [5.74, 6) is -3.28. The predicted octanol–water partition coefficient (Wildman–Crippen LogP) is 1.91. The lowest BCUT2D eigenvalue weighted by Crippen LogP contribution is -2.54. The van der Waals surface area contributed by atoms with E-state index >= 15 is 0 Å². The number of benzene rings is 1. The van der Waals surface area contributed by atoms with Crippen LogP contribution in [0, 0.1) is 0 Å². The van der Waals surface area contributed by atoms with E-state index in [1.165, 1.54) is 12.1 Å². The smallest absolute Gasteiger partial charge is 0.408 e. The van der Waals surface area contributed by atoms with Crippen LogP contribution in [0.5, 0.6) is 0 Å². The zero-order chi connectivity index (χ0) is 24.7. The van der Waals surface area contributed by atoms with Crippen LogP contribution in [-0.4, -0.2) is 57.4 Å². The van der Waals surface area contributed by atoms with Gasteiger partial charge in [0.2, 0.25) is 5.91 Å². The Morgan fingerprint density at radius 2 is 1.44 bits per heavy atom. The molecule has 10 nitrogen and oxygen atoms in total. The first-order valence-electron chi connectivity index (χ1n) is 10.1. The second-order valence-electron chi connectivity index (χ2n) is 9.17. The summed E-state index contributed by atoms with van der Waals surface area (Å²) >= 11 is 0. The molecular weight excluding hydrogens is 420 g/mol. The van der Waals surface area contributed by atoms with Gasteiger partial charge in [-0.2, -0.15) is 0 Å². The number of rotatable bonds is 8. The topological polar surface area (TPSA) is 151 Å². The number of hydrogen-bond acceptors (Lipinski definition) is 7. The molecule has 178 valence electrons. The molecule has 0 aliphatic rings. The van der Waals surface area contributed by atoms with Gasteiger partial charge in [0.15, 0.2) is 6.04 Å². The maximum Gasteiger partial charge on any atom is 0.408 e. The van der Waals surface area contributed by atoms with Crippen LogP contribution >= 0.6 is 0 Å². The molecule has 0 saturated heterocycles. The lowest BCUT2D eigenvalue weighted by Gasteiger charge is -2.26. The number of aliphatic carboxylic acids is 1. The Morgan fingerprint density at radius 3 is 1.91 bits per heavy atom. The minimum absolute atomic E-state index is 0.268. The zero-order valence-electron chi connectivity index (χ0n) is 19.2. The summed E-state index contributed by atoms with van der Waals surface area (Å²) < 4.78 is 10.3.